The Labute approximate surface area is 226 Å². The molecule has 2 aromatic rings. The molecule has 2 aliphatic heterocycles. The van der Waals surface area contributed by atoms with E-state index in [1.165, 1.54) is 17.5 Å². The number of nitrogens with one attached hydrogen (secondary N) is 3. The lowest BCUT2D eigenvalue weighted by Crippen LogP contribution is -2.39. The average Bonchev–Trinajstić information content (AvgIpc) is 2.96. The first-order valence-corrected chi connectivity index (χ1v) is 14.3. The molecule has 1 saturated carbocycles. The van der Waals surface area contributed by atoms with Crippen LogP contribution in [-0.4, -0.2) is 68.8 Å². The summed E-state index contributed by atoms with van der Waals surface area (Å²) in [5, 5.41) is 9.21. The molecule has 8 nitrogen and oxygen atoms in total. The van der Waals surface area contributed by atoms with Crippen molar-refractivity contribution in [2.75, 3.05) is 56.2 Å². The first-order valence-electron chi connectivity index (χ1n) is 14.3. The van der Waals surface area contributed by atoms with Crippen molar-refractivity contribution >= 4 is 23.3 Å². The van der Waals surface area contributed by atoms with Gasteiger partial charge >= 0.3 is 6.03 Å². The second kappa shape index (κ2) is 13.1. The second-order valence-corrected chi connectivity index (χ2v) is 10.7. The highest BCUT2D eigenvalue weighted by Gasteiger charge is 2.23. The van der Waals surface area contributed by atoms with Crippen LogP contribution < -0.4 is 20.9 Å². The fraction of sp³-hybridized carbons (Fsp3) is 0.533. The summed E-state index contributed by atoms with van der Waals surface area (Å²) >= 11 is 0. The van der Waals surface area contributed by atoms with E-state index in [9.17, 15) is 9.59 Å². The minimum Gasteiger partial charge on any atom is -0.379 e. The Balaban J connectivity index is 1.26. The quantitative estimate of drug-likeness (QED) is 0.456. The molecule has 2 aromatic carbocycles. The summed E-state index contributed by atoms with van der Waals surface area (Å²) in [4.78, 5) is 30.8. The van der Waals surface area contributed by atoms with Gasteiger partial charge in [-0.2, -0.15) is 0 Å². The Morgan fingerprint density at radius 1 is 0.947 bits per heavy atom. The zero-order valence-corrected chi connectivity index (χ0v) is 22.3. The molecule has 0 aromatic heterocycles. The molecule has 5 rings (SSSR count). The molecule has 1 saturated heterocycles. The number of anilines is 2. The van der Waals surface area contributed by atoms with E-state index in [1.54, 1.807) is 0 Å². The van der Waals surface area contributed by atoms with E-state index >= 15 is 0 Å². The number of morpholine rings is 1. The van der Waals surface area contributed by atoms with Gasteiger partial charge < -0.3 is 25.6 Å². The molecule has 3 N–H and O–H groups in total. The molecule has 2 heterocycles. The summed E-state index contributed by atoms with van der Waals surface area (Å²) < 4.78 is 5.43. The van der Waals surface area contributed by atoms with Gasteiger partial charge in [0.1, 0.15) is 0 Å². The number of nitrogens with zero attached hydrogens (tertiary/aromatic N) is 2. The summed E-state index contributed by atoms with van der Waals surface area (Å²) in [7, 11) is 0. The third-order valence-corrected chi connectivity index (χ3v) is 7.95. The highest BCUT2D eigenvalue weighted by atomic mass is 16.5. The van der Waals surface area contributed by atoms with Crippen LogP contribution in [0, 0.1) is 0 Å². The van der Waals surface area contributed by atoms with Crippen LogP contribution in [0.5, 0.6) is 0 Å². The van der Waals surface area contributed by atoms with Gasteiger partial charge in [0.25, 0.3) is 5.91 Å². The molecule has 204 valence electrons. The number of amides is 3. The Morgan fingerprint density at radius 2 is 1.74 bits per heavy atom. The molecule has 0 bridgehead atoms. The van der Waals surface area contributed by atoms with Gasteiger partial charge in [-0.05, 0) is 61.6 Å². The lowest BCUT2D eigenvalue weighted by atomic mass is 9.96. The number of urea groups is 1. The van der Waals surface area contributed by atoms with Crippen molar-refractivity contribution in [3.05, 3.63) is 59.2 Å². The number of benzene rings is 2. The number of carbonyl (C=O) groups excluding carboxylic acids is 2. The smallest absolute Gasteiger partial charge is 0.319 e. The van der Waals surface area contributed by atoms with Crippen molar-refractivity contribution in [3.8, 4) is 0 Å². The van der Waals surface area contributed by atoms with E-state index in [2.05, 4.69) is 50.0 Å². The topological polar surface area (TPSA) is 85.9 Å². The average molecular weight is 520 g/mol. The first-order chi connectivity index (χ1) is 18.7. The molecule has 0 radical (unpaired) electrons. The highest BCUT2D eigenvalue weighted by Crippen LogP contribution is 2.30. The number of fused-ring (bicyclic) bond motifs is 1. The monoisotopic (exact) mass is 519 g/mol. The number of hydrogen-bond donors (Lipinski definition) is 3. The van der Waals surface area contributed by atoms with E-state index < -0.39 is 0 Å². The normalized spacial score (nSPS) is 18.5. The maximum absolute atomic E-state index is 13.5. The molecular formula is C30H41N5O3. The summed E-state index contributed by atoms with van der Waals surface area (Å²) in [6.45, 7) is 6.63. The van der Waals surface area contributed by atoms with Crippen LogP contribution in [0.1, 0.15) is 60.0 Å². The van der Waals surface area contributed by atoms with Gasteiger partial charge in [0, 0.05) is 50.1 Å². The molecule has 3 amide bonds. The first kappa shape index (κ1) is 26.5. The van der Waals surface area contributed by atoms with Crippen LogP contribution in [0.2, 0.25) is 0 Å². The maximum atomic E-state index is 13.5. The van der Waals surface area contributed by atoms with Crippen LogP contribution in [0.25, 0.3) is 0 Å². The Bertz CT molecular complexity index is 1100. The van der Waals surface area contributed by atoms with Gasteiger partial charge in [-0.1, -0.05) is 43.5 Å². The summed E-state index contributed by atoms with van der Waals surface area (Å²) in [6, 6.07) is 14.3. The van der Waals surface area contributed by atoms with Crippen molar-refractivity contribution in [3.63, 3.8) is 0 Å². The molecule has 8 heteroatoms. The number of hydrogen-bond acceptors (Lipinski definition) is 5. The fourth-order valence-electron chi connectivity index (χ4n) is 5.80. The SMILES string of the molecule is O=C(Nc1ccc(N2CCc3ccccc3C2)c(C(=O)NCCCN2CCOCC2)c1)NC1CCCCC1. The largest absolute Gasteiger partial charge is 0.379 e. The van der Waals surface area contributed by atoms with Crippen molar-refractivity contribution in [1.82, 2.24) is 15.5 Å². The van der Waals surface area contributed by atoms with Crippen LogP contribution >= 0.6 is 0 Å². The van der Waals surface area contributed by atoms with Crippen LogP contribution in [0.4, 0.5) is 16.2 Å². The Morgan fingerprint density at radius 3 is 2.55 bits per heavy atom. The zero-order chi connectivity index (χ0) is 26.2. The standard InChI is InChI=1S/C30H41N5O3/c36-29(31-14-6-15-34-17-19-38-20-18-34)27-21-26(33-30(37)32-25-9-2-1-3-10-25)11-12-28(27)35-16-13-23-7-4-5-8-24(23)22-35/h4-5,7-8,11-12,21,25H,1-3,6,9-10,13-20,22H2,(H,31,36)(H2,32,33,37). The third-order valence-electron chi connectivity index (χ3n) is 7.95. The van der Waals surface area contributed by atoms with Gasteiger partial charge in [0.05, 0.1) is 18.8 Å². The summed E-state index contributed by atoms with van der Waals surface area (Å²) in [5.41, 5.74) is 4.81. The molecule has 3 aliphatic rings. The molecular weight excluding hydrogens is 478 g/mol. The maximum Gasteiger partial charge on any atom is 0.319 e. The fourth-order valence-corrected chi connectivity index (χ4v) is 5.80. The van der Waals surface area contributed by atoms with Crippen molar-refractivity contribution < 1.29 is 14.3 Å². The third kappa shape index (κ3) is 7.05. The van der Waals surface area contributed by atoms with Gasteiger partial charge in [-0.25, -0.2) is 4.79 Å². The van der Waals surface area contributed by atoms with E-state index in [0.717, 1.165) is 90.1 Å². The van der Waals surface area contributed by atoms with Gasteiger partial charge in [0.15, 0.2) is 0 Å². The minimum absolute atomic E-state index is 0.0998. The van der Waals surface area contributed by atoms with Gasteiger partial charge in [-0.15, -0.1) is 0 Å². The number of ether oxygens (including phenoxy) is 1. The van der Waals surface area contributed by atoms with Crippen LogP contribution in [0.3, 0.4) is 0 Å². The summed E-state index contributed by atoms with van der Waals surface area (Å²) in [5.74, 6) is -0.0998. The van der Waals surface area contributed by atoms with Crippen LogP contribution in [-0.2, 0) is 17.7 Å². The van der Waals surface area contributed by atoms with E-state index in [-0.39, 0.29) is 18.0 Å². The van der Waals surface area contributed by atoms with Gasteiger partial charge in [-0.3, -0.25) is 9.69 Å². The highest BCUT2D eigenvalue weighted by molar-refractivity contribution is 6.02. The molecule has 2 fully saturated rings. The zero-order valence-electron chi connectivity index (χ0n) is 22.3. The summed E-state index contributed by atoms with van der Waals surface area (Å²) in [6.07, 6.45) is 7.46. The lowest BCUT2D eigenvalue weighted by molar-refractivity contribution is 0.0374. The van der Waals surface area contributed by atoms with E-state index in [0.29, 0.717) is 17.8 Å². The molecule has 1 aliphatic carbocycles. The molecule has 0 unspecified atom stereocenters. The predicted molar refractivity (Wildman–Crippen MR) is 151 cm³/mol. The van der Waals surface area contributed by atoms with E-state index in [1.807, 2.05) is 18.2 Å². The van der Waals surface area contributed by atoms with Crippen molar-refractivity contribution in [1.29, 1.82) is 0 Å². The van der Waals surface area contributed by atoms with Crippen LogP contribution in [0.15, 0.2) is 42.5 Å². The number of carbonyl (C=O) groups is 2. The lowest BCUT2D eigenvalue weighted by Gasteiger charge is -2.32. The molecule has 38 heavy (non-hydrogen) atoms. The second-order valence-electron chi connectivity index (χ2n) is 10.7. The van der Waals surface area contributed by atoms with E-state index in [4.69, 9.17) is 4.74 Å². The Hall–Kier alpha value is -3.10. The number of rotatable bonds is 8. The van der Waals surface area contributed by atoms with Crippen molar-refractivity contribution in [2.45, 2.75) is 57.5 Å². The molecule has 0 spiro atoms. The Kier molecular flexibility index (Phi) is 9.15. The van der Waals surface area contributed by atoms with Gasteiger partial charge in [0.2, 0.25) is 0 Å². The van der Waals surface area contributed by atoms with Crippen molar-refractivity contribution in [2.24, 2.45) is 0 Å². The predicted octanol–water partition coefficient (Wildman–Crippen LogP) is 4.16. The molecule has 0 atom stereocenters. The minimum atomic E-state index is -0.201.